The van der Waals surface area contributed by atoms with Crippen LogP contribution in [0.15, 0.2) is 24.3 Å². The van der Waals surface area contributed by atoms with E-state index in [1.807, 2.05) is 0 Å². The first-order chi connectivity index (χ1) is 11.1. The Hall–Kier alpha value is -1.93. The van der Waals surface area contributed by atoms with Crippen LogP contribution in [0.3, 0.4) is 0 Å². The summed E-state index contributed by atoms with van der Waals surface area (Å²) in [6.07, 6.45) is 4.83. The Morgan fingerprint density at radius 1 is 1.39 bits per heavy atom. The van der Waals surface area contributed by atoms with Crippen molar-refractivity contribution in [1.82, 2.24) is 4.90 Å². The average Bonchev–Trinajstić information content (AvgIpc) is 3.09. The molecule has 2 aliphatic rings. The molecule has 2 N–H and O–H groups in total. The van der Waals surface area contributed by atoms with Crippen molar-refractivity contribution in [2.75, 3.05) is 0 Å². The minimum atomic E-state index is -0.312. The monoisotopic (exact) mass is 315 g/mol. The number of carbonyl (C=O) groups excluding carboxylic acids is 1. The van der Waals surface area contributed by atoms with Gasteiger partial charge in [-0.2, -0.15) is 5.26 Å². The molecule has 1 aliphatic heterocycles. The second kappa shape index (κ2) is 6.67. The summed E-state index contributed by atoms with van der Waals surface area (Å²) in [4.78, 5) is 14.4. The number of nitrogens with zero attached hydrogens (tertiary/aromatic N) is 2. The molecule has 2 fully saturated rings. The van der Waals surface area contributed by atoms with E-state index in [0.717, 1.165) is 31.2 Å². The lowest BCUT2D eigenvalue weighted by Gasteiger charge is -2.27. The van der Waals surface area contributed by atoms with Crippen molar-refractivity contribution < 1.29 is 9.18 Å². The molecule has 1 heterocycles. The molecule has 4 nitrogen and oxygen atoms in total. The molecular formula is C18H22FN3O. The topological polar surface area (TPSA) is 70.1 Å². The lowest BCUT2D eigenvalue weighted by molar-refractivity contribution is -0.133. The largest absolute Gasteiger partial charge is 0.327 e. The van der Waals surface area contributed by atoms with Gasteiger partial charge in [-0.1, -0.05) is 18.6 Å². The van der Waals surface area contributed by atoms with E-state index in [2.05, 4.69) is 6.07 Å². The van der Waals surface area contributed by atoms with E-state index < -0.39 is 0 Å². The van der Waals surface area contributed by atoms with Crippen LogP contribution in [0, 0.1) is 23.1 Å². The van der Waals surface area contributed by atoms with Gasteiger partial charge < -0.3 is 10.6 Å². The maximum Gasteiger partial charge on any atom is 0.225 e. The number of carbonyl (C=O) groups is 1. The number of amides is 1. The van der Waals surface area contributed by atoms with Crippen LogP contribution in [0.1, 0.15) is 37.7 Å². The lowest BCUT2D eigenvalue weighted by Crippen LogP contribution is -2.43. The first-order valence-corrected chi connectivity index (χ1v) is 8.29. The van der Waals surface area contributed by atoms with Crippen molar-refractivity contribution in [2.45, 2.75) is 56.7 Å². The fourth-order valence-corrected chi connectivity index (χ4v) is 4.09. The molecule has 122 valence electrons. The minimum Gasteiger partial charge on any atom is -0.327 e. The smallest absolute Gasteiger partial charge is 0.225 e. The second-order valence-electron chi connectivity index (χ2n) is 6.73. The Labute approximate surface area is 136 Å². The van der Waals surface area contributed by atoms with Gasteiger partial charge in [-0.05, 0) is 49.3 Å². The summed E-state index contributed by atoms with van der Waals surface area (Å²) in [6, 6.07) is 8.09. The molecule has 0 bridgehead atoms. The van der Waals surface area contributed by atoms with Crippen molar-refractivity contribution in [1.29, 1.82) is 5.26 Å². The summed E-state index contributed by atoms with van der Waals surface area (Å²) in [7, 11) is 0. The van der Waals surface area contributed by atoms with Crippen molar-refractivity contribution in [3.05, 3.63) is 35.6 Å². The van der Waals surface area contributed by atoms with Gasteiger partial charge >= 0.3 is 0 Å². The quantitative estimate of drug-likeness (QED) is 0.927. The van der Waals surface area contributed by atoms with Gasteiger partial charge in [-0.15, -0.1) is 0 Å². The molecule has 23 heavy (non-hydrogen) atoms. The normalized spacial score (nSPS) is 27.5. The third-order valence-corrected chi connectivity index (χ3v) is 5.12. The van der Waals surface area contributed by atoms with Gasteiger partial charge in [0, 0.05) is 18.5 Å². The first kappa shape index (κ1) is 15.9. The molecule has 1 aromatic carbocycles. The van der Waals surface area contributed by atoms with E-state index in [1.165, 1.54) is 12.1 Å². The molecular weight excluding hydrogens is 293 g/mol. The number of likely N-dealkylation sites (tertiary alicyclic amines) is 1. The number of benzene rings is 1. The molecule has 0 unspecified atom stereocenters. The number of halogens is 1. The van der Waals surface area contributed by atoms with Crippen LogP contribution < -0.4 is 5.73 Å². The fraction of sp³-hybridized carbons (Fsp3) is 0.556. The third kappa shape index (κ3) is 3.37. The van der Waals surface area contributed by atoms with Crippen molar-refractivity contribution in [3.63, 3.8) is 0 Å². The zero-order chi connectivity index (χ0) is 16.4. The molecule has 0 spiro atoms. The number of hydrogen-bond donors (Lipinski definition) is 1. The van der Waals surface area contributed by atoms with Gasteiger partial charge in [0.25, 0.3) is 0 Å². The van der Waals surface area contributed by atoms with E-state index in [0.29, 0.717) is 12.3 Å². The van der Waals surface area contributed by atoms with Gasteiger partial charge in [-0.3, -0.25) is 4.79 Å². The minimum absolute atomic E-state index is 0.0134. The van der Waals surface area contributed by atoms with Crippen LogP contribution in [0.2, 0.25) is 0 Å². The summed E-state index contributed by atoms with van der Waals surface area (Å²) in [6.45, 7) is 0. The molecule has 0 radical (unpaired) electrons. The molecule has 3 rings (SSSR count). The summed E-state index contributed by atoms with van der Waals surface area (Å²) in [5, 5.41) is 9.33. The van der Waals surface area contributed by atoms with Gasteiger partial charge in [0.15, 0.2) is 0 Å². The van der Waals surface area contributed by atoms with E-state index >= 15 is 0 Å². The molecule has 0 aromatic heterocycles. The van der Waals surface area contributed by atoms with Crippen LogP contribution >= 0.6 is 0 Å². The summed E-state index contributed by atoms with van der Waals surface area (Å²) in [5.41, 5.74) is 7.03. The average molecular weight is 315 g/mol. The number of fused-ring (bicyclic) bond motifs is 1. The predicted molar refractivity (Wildman–Crippen MR) is 84.7 cm³/mol. The Morgan fingerprint density at radius 3 is 2.83 bits per heavy atom. The highest BCUT2D eigenvalue weighted by Gasteiger charge is 2.45. The standard InChI is InChI=1S/C18H22FN3O/c19-14-6-4-12(5-7-14)8-15(21)10-18(23)22-16(11-20)9-13-2-1-3-17(13)22/h4-7,13,15-17H,1-3,8-10,21H2/t13-,15+,16-,17-/m0/s1. The highest BCUT2D eigenvalue weighted by atomic mass is 19.1. The van der Waals surface area contributed by atoms with Crippen molar-refractivity contribution in [2.24, 2.45) is 11.7 Å². The summed E-state index contributed by atoms with van der Waals surface area (Å²) < 4.78 is 12.9. The van der Waals surface area contributed by atoms with Gasteiger partial charge in [0.1, 0.15) is 11.9 Å². The molecule has 1 amide bonds. The molecule has 1 saturated carbocycles. The molecule has 4 atom stereocenters. The third-order valence-electron chi connectivity index (χ3n) is 5.12. The van der Waals surface area contributed by atoms with E-state index in [9.17, 15) is 14.4 Å². The predicted octanol–water partition coefficient (Wildman–Crippen LogP) is 2.38. The van der Waals surface area contributed by atoms with Crippen molar-refractivity contribution >= 4 is 5.91 Å². The molecule has 5 heteroatoms. The summed E-state index contributed by atoms with van der Waals surface area (Å²) in [5.74, 6) is 0.192. The van der Waals surface area contributed by atoms with Gasteiger partial charge in [0.05, 0.1) is 6.07 Å². The molecule has 1 aliphatic carbocycles. The Morgan fingerprint density at radius 2 is 2.13 bits per heavy atom. The SMILES string of the molecule is N#C[C@@H]1C[C@@H]2CCC[C@@H]2N1C(=O)C[C@H](N)Cc1ccc(F)cc1. The van der Waals surface area contributed by atoms with Gasteiger partial charge in [-0.25, -0.2) is 4.39 Å². The van der Waals surface area contributed by atoms with Crippen LogP contribution in [0.25, 0.3) is 0 Å². The fourth-order valence-electron chi connectivity index (χ4n) is 4.09. The Kier molecular flexibility index (Phi) is 4.63. The molecule has 1 saturated heterocycles. The van der Waals surface area contributed by atoms with Crippen molar-refractivity contribution in [3.8, 4) is 6.07 Å². The Balaban J connectivity index is 1.61. The highest BCUT2D eigenvalue weighted by molar-refractivity contribution is 5.78. The second-order valence-corrected chi connectivity index (χ2v) is 6.73. The summed E-state index contributed by atoms with van der Waals surface area (Å²) >= 11 is 0. The maximum atomic E-state index is 12.9. The lowest BCUT2D eigenvalue weighted by atomic mass is 10.0. The number of nitrogens with two attached hydrogens (primary N) is 1. The first-order valence-electron chi connectivity index (χ1n) is 8.29. The van der Waals surface area contributed by atoms with Crippen LogP contribution in [0.4, 0.5) is 4.39 Å². The Bertz CT molecular complexity index is 610. The number of hydrogen-bond acceptors (Lipinski definition) is 3. The van der Waals surface area contributed by atoms with Gasteiger partial charge in [0.2, 0.25) is 5.91 Å². The van der Waals surface area contributed by atoms with Crippen LogP contribution in [-0.2, 0) is 11.2 Å². The molecule has 1 aromatic rings. The van der Waals surface area contributed by atoms with Crippen LogP contribution in [-0.4, -0.2) is 28.9 Å². The number of rotatable bonds is 4. The van der Waals surface area contributed by atoms with E-state index in [1.54, 1.807) is 17.0 Å². The number of nitriles is 1. The van der Waals surface area contributed by atoms with E-state index in [-0.39, 0.29) is 36.3 Å². The van der Waals surface area contributed by atoms with E-state index in [4.69, 9.17) is 5.73 Å². The maximum absolute atomic E-state index is 12.9. The van der Waals surface area contributed by atoms with Crippen LogP contribution in [0.5, 0.6) is 0 Å². The highest BCUT2D eigenvalue weighted by Crippen LogP contribution is 2.41. The zero-order valence-electron chi connectivity index (χ0n) is 13.1. The zero-order valence-corrected chi connectivity index (χ0v) is 13.1.